The Labute approximate surface area is 143 Å². The van der Waals surface area contributed by atoms with Crippen LogP contribution in [0.1, 0.15) is 5.56 Å². The highest BCUT2D eigenvalue weighted by Gasteiger charge is 2.06. The molecule has 0 radical (unpaired) electrons. The topological polar surface area (TPSA) is 81.1 Å². The fraction of sp³-hybridized carbons (Fsp3) is 0.118. The zero-order valence-corrected chi connectivity index (χ0v) is 13.2. The van der Waals surface area contributed by atoms with Crippen LogP contribution in [0.4, 0.5) is 20.7 Å². The molecule has 0 spiro atoms. The van der Waals surface area contributed by atoms with Crippen LogP contribution < -0.4 is 15.4 Å². The minimum absolute atomic E-state index is 0.391. The molecule has 0 saturated heterocycles. The Morgan fingerprint density at radius 2 is 2.00 bits per heavy atom. The van der Waals surface area contributed by atoms with E-state index in [1.54, 1.807) is 53.6 Å². The van der Waals surface area contributed by atoms with Crippen molar-refractivity contribution in [1.82, 2.24) is 14.8 Å². The third-order valence-electron chi connectivity index (χ3n) is 3.28. The van der Waals surface area contributed by atoms with Gasteiger partial charge in [0.05, 0.1) is 6.54 Å². The lowest BCUT2D eigenvalue weighted by molar-refractivity contribution is 0.192. The number of nitrogens with one attached hydrogen (secondary N) is 2. The van der Waals surface area contributed by atoms with Gasteiger partial charge in [0, 0.05) is 30.3 Å². The number of halogens is 1. The molecule has 25 heavy (non-hydrogen) atoms. The van der Waals surface area contributed by atoms with Gasteiger partial charge in [-0.2, -0.15) is 5.10 Å². The first-order valence-electron chi connectivity index (χ1n) is 7.52. The first kappa shape index (κ1) is 16.4. The Balaban J connectivity index is 1.54. The molecule has 7 nitrogen and oxygen atoms in total. The molecule has 2 aromatic heterocycles. The van der Waals surface area contributed by atoms with Crippen molar-refractivity contribution >= 4 is 17.5 Å². The second-order valence-electron chi connectivity index (χ2n) is 5.12. The molecule has 128 valence electrons. The zero-order valence-electron chi connectivity index (χ0n) is 13.2. The predicted molar refractivity (Wildman–Crippen MR) is 91.3 cm³/mol. The van der Waals surface area contributed by atoms with E-state index in [-0.39, 0.29) is 0 Å². The average molecular weight is 341 g/mol. The molecule has 0 saturated carbocycles. The summed E-state index contributed by atoms with van der Waals surface area (Å²) in [5, 5.41) is 9.59. The number of alkyl halides is 1. The summed E-state index contributed by atoms with van der Waals surface area (Å²) in [5.74, 6) is 0.821. The van der Waals surface area contributed by atoms with Crippen molar-refractivity contribution < 1.29 is 13.9 Å². The molecule has 0 unspecified atom stereocenters. The molecule has 2 N–H and O–H groups in total. The molecule has 0 aliphatic heterocycles. The molecule has 0 aliphatic rings. The van der Waals surface area contributed by atoms with E-state index >= 15 is 0 Å². The number of carbonyl (C=O) groups is 1. The minimum atomic E-state index is -0.894. The zero-order chi connectivity index (χ0) is 17.5. The van der Waals surface area contributed by atoms with Gasteiger partial charge in [-0.05, 0) is 35.9 Å². The smallest absolute Gasteiger partial charge is 0.324 e. The highest BCUT2D eigenvalue weighted by atomic mass is 19.1. The van der Waals surface area contributed by atoms with Gasteiger partial charge in [0.2, 0.25) is 6.86 Å². The second kappa shape index (κ2) is 7.91. The number of nitrogens with zero attached hydrogens (tertiary/aromatic N) is 3. The van der Waals surface area contributed by atoms with Gasteiger partial charge in [0.25, 0.3) is 0 Å². The van der Waals surface area contributed by atoms with Crippen LogP contribution in [0.25, 0.3) is 0 Å². The van der Waals surface area contributed by atoms with E-state index in [1.165, 1.54) is 0 Å². The Morgan fingerprint density at radius 1 is 1.16 bits per heavy atom. The number of aromatic nitrogens is 3. The summed E-state index contributed by atoms with van der Waals surface area (Å²) in [6.07, 6.45) is 5.24. The van der Waals surface area contributed by atoms with Crippen LogP contribution in [0.2, 0.25) is 0 Å². The molecule has 1 aromatic carbocycles. The van der Waals surface area contributed by atoms with Crippen molar-refractivity contribution in [2.24, 2.45) is 0 Å². The van der Waals surface area contributed by atoms with Crippen molar-refractivity contribution in [3.05, 3.63) is 66.6 Å². The highest BCUT2D eigenvalue weighted by molar-refractivity contribution is 5.99. The maximum Gasteiger partial charge on any atom is 0.324 e. The molecule has 2 amide bonds. The molecule has 3 rings (SSSR count). The van der Waals surface area contributed by atoms with Crippen LogP contribution in [0.3, 0.4) is 0 Å². The number of hydrogen-bond acceptors (Lipinski definition) is 4. The first-order valence-corrected chi connectivity index (χ1v) is 7.52. The fourth-order valence-corrected chi connectivity index (χ4v) is 2.17. The van der Waals surface area contributed by atoms with Crippen LogP contribution in [0.5, 0.6) is 5.75 Å². The van der Waals surface area contributed by atoms with Crippen LogP contribution in [-0.2, 0) is 6.54 Å². The Kier molecular flexibility index (Phi) is 5.20. The van der Waals surface area contributed by atoms with Gasteiger partial charge >= 0.3 is 6.03 Å². The average Bonchev–Trinajstić information content (AvgIpc) is 3.04. The number of carbonyl (C=O) groups excluding carboxylic acids is 1. The number of rotatable bonds is 6. The van der Waals surface area contributed by atoms with Gasteiger partial charge in [-0.25, -0.2) is 9.18 Å². The van der Waals surface area contributed by atoms with Crippen molar-refractivity contribution in [3.8, 4) is 5.75 Å². The molecule has 3 aromatic rings. The molecule has 0 aliphatic carbocycles. The van der Waals surface area contributed by atoms with Gasteiger partial charge in [-0.3, -0.25) is 15.0 Å². The first-order chi connectivity index (χ1) is 12.2. The van der Waals surface area contributed by atoms with Gasteiger partial charge < -0.3 is 10.1 Å². The predicted octanol–water partition coefficient (Wildman–Crippen LogP) is 3.28. The Bertz CT molecular complexity index is 821. The van der Waals surface area contributed by atoms with Crippen LogP contribution in [-0.4, -0.2) is 27.7 Å². The molecule has 0 atom stereocenters. The lowest BCUT2D eigenvalue weighted by Crippen LogP contribution is -2.19. The van der Waals surface area contributed by atoms with Crippen LogP contribution in [0, 0.1) is 0 Å². The van der Waals surface area contributed by atoms with E-state index in [2.05, 4.69) is 20.7 Å². The number of urea groups is 1. The second-order valence-corrected chi connectivity index (χ2v) is 5.12. The molecular weight excluding hydrogens is 325 g/mol. The quantitative estimate of drug-likeness (QED) is 0.721. The summed E-state index contributed by atoms with van der Waals surface area (Å²) in [6, 6.07) is 11.5. The van der Waals surface area contributed by atoms with Crippen LogP contribution >= 0.6 is 0 Å². The van der Waals surface area contributed by atoms with E-state index in [0.717, 1.165) is 5.56 Å². The van der Waals surface area contributed by atoms with Crippen molar-refractivity contribution in [3.63, 3.8) is 0 Å². The monoisotopic (exact) mass is 341 g/mol. The van der Waals surface area contributed by atoms with Gasteiger partial charge in [0.1, 0.15) is 5.75 Å². The van der Waals surface area contributed by atoms with Crippen molar-refractivity contribution in [2.75, 3.05) is 17.5 Å². The molecular formula is C17H16FN5O2. The summed E-state index contributed by atoms with van der Waals surface area (Å²) < 4.78 is 18.5. The molecule has 0 bridgehead atoms. The summed E-state index contributed by atoms with van der Waals surface area (Å²) in [6.45, 7) is -0.331. The number of hydrogen-bond donors (Lipinski definition) is 2. The van der Waals surface area contributed by atoms with E-state index in [9.17, 15) is 9.18 Å². The van der Waals surface area contributed by atoms with E-state index < -0.39 is 12.9 Å². The third-order valence-corrected chi connectivity index (χ3v) is 3.28. The van der Waals surface area contributed by atoms with E-state index in [0.29, 0.717) is 23.8 Å². The van der Waals surface area contributed by atoms with Crippen LogP contribution in [0.15, 0.2) is 61.1 Å². The number of pyridine rings is 1. The Hall–Kier alpha value is -3.42. The van der Waals surface area contributed by atoms with Crippen molar-refractivity contribution in [2.45, 2.75) is 6.54 Å². The molecule has 0 fully saturated rings. The summed E-state index contributed by atoms with van der Waals surface area (Å²) in [5.41, 5.74) is 1.57. The van der Waals surface area contributed by atoms with Gasteiger partial charge in [0.15, 0.2) is 5.82 Å². The summed E-state index contributed by atoms with van der Waals surface area (Å²) >= 11 is 0. The van der Waals surface area contributed by atoms with E-state index in [4.69, 9.17) is 4.74 Å². The standard InChI is InChI=1S/C17H16FN5O2/c18-12-25-15-5-3-14(4-6-15)20-17(24)21-16-7-9-23(22-16)11-13-2-1-8-19-10-13/h1-10H,11-12H2,(H2,20,21,22,24). The summed E-state index contributed by atoms with van der Waals surface area (Å²) in [7, 11) is 0. The SMILES string of the molecule is O=C(Nc1ccc(OCF)cc1)Nc1ccn(Cc2cccnc2)n1. The maximum absolute atomic E-state index is 12.1. The molecule has 8 heteroatoms. The third kappa shape index (κ3) is 4.77. The normalized spacial score (nSPS) is 10.3. The lowest BCUT2D eigenvalue weighted by atomic mass is 10.3. The van der Waals surface area contributed by atoms with Crippen molar-refractivity contribution in [1.29, 1.82) is 0 Å². The maximum atomic E-state index is 12.1. The lowest BCUT2D eigenvalue weighted by Gasteiger charge is -2.07. The number of anilines is 2. The highest BCUT2D eigenvalue weighted by Crippen LogP contribution is 2.16. The van der Waals surface area contributed by atoms with E-state index in [1.807, 2.05) is 12.1 Å². The van der Waals surface area contributed by atoms with Gasteiger partial charge in [-0.1, -0.05) is 6.07 Å². The number of benzene rings is 1. The fourth-order valence-electron chi connectivity index (χ4n) is 2.17. The molecule has 2 heterocycles. The largest absolute Gasteiger partial charge is 0.463 e. The minimum Gasteiger partial charge on any atom is -0.463 e. The number of amides is 2. The van der Waals surface area contributed by atoms with Gasteiger partial charge in [-0.15, -0.1) is 0 Å². The number of ether oxygens (including phenoxy) is 1. The Morgan fingerprint density at radius 3 is 2.72 bits per heavy atom. The summed E-state index contributed by atoms with van der Waals surface area (Å²) in [4.78, 5) is 16.0.